The fourth-order valence-corrected chi connectivity index (χ4v) is 1.98. The van der Waals surface area contributed by atoms with Gasteiger partial charge in [0.25, 0.3) is 0 Å². The van der Waals surface area contributed by atoms with E-state index < -0.39 is 0 Å². The highest BCUT2D eigenvalue weighted by molar-refractivity contribution is 5.58. The van der Waals surface area contributed by atoms with Crippen molar-refractivity contribution in [3.8, 4) is 0 Å². The molecule has 0 spiro atoms. The molecule has 5 heteroatoms. The Labute approximate surface area is 113 Å². The van der Waals surface area contributed by atoms with E-state index >= 15 is 0 Å². The first-order chi connectivity index (χ1) is 9.22. The summed E-state index contributed by atoms with van der Waals surface area (Å²) in [6.45, 7) is 7.79. The van der Waals surface area contributed by atoms with Crippen molar-refractivity contribution in [2.45, 2.75) is 33.2 Å². The van der Waals surface area contributed by atoms with E-state index in [-0.39, 0.29) is 0 Å². The van der Waals surface area contributed by atoms with Crippen LogP contribution in [-0.4, -0.2) is 16.5 Å². The number of hydrogen-bond acceptors (Lipinski definition) is 5. The van der Waals surface area contributed by atoms with E-state index in [1.807, 2.05) is 12.1 Å². The van der Waals surface area contributed by atoms with Crippen LogP contribution < -0.4 is 10.6 Å². The molecule has 0 bridgehead atoms. The molecule has 0 unspecified atom stereocenters. The molecule has 2 aromatic heterocycles. The summed E-state index contributed by atoms with van der Waals surface area (Å²) in [5, 5.41) is 6.59. The van der Waals surface area contributed by atoms with Gasteiger partial charge >= 0.3 is 0 Å². The van der Waals surface area contributed by atoms with E-state index in [0.29, 0.717) is 12.5 Å². The molecule has 0 aromatic carbocycles. The third-order valence-electron chi connectivity index (χ3n) is 2.82. The second-order valence-electron chi connectivity index (χ2n) is 4.60. The molecule has 0 saturated carbocycles. The normalized spacial score (nSPS) is 10.7. The van der Waals surface area contributed by atoms with Gasteiger partial charge in [-0.15, -0.1) is 0 Å². The first-order valence-corrected chi connectivity index (χ1v) is 6.57. The summed E-state index contributed by atoms with van der Waals surface area (Å²) in [6, 6.07) is 3.82. The van der Waals surface area contributed by atoms with Crippen LogP contribution in [0.2, 0.25) is 0 Å². The molecule has 2 N–H and O–H groups in total. The molecule has 0 radical (unpaired) electrons. The molecule has 0 atom stereocenters. The Morgan fingerprint density at radius 2 is 1.95 bits per heavy atom. The van der Waals surface area contributed by atoms with Crippen LogP contribution >= 0.6 is 0 Å². The van der Waals surface area contributed by atoms with Crippen molar-refractivity contribution >= 4 is 11.6 Å². The molecule has 2 rings (SSSR count). The van der Waals surface area contributed by atoms with Crippen LogP contribution in [0, 0.1) is 0 Å². The van der Waals surface area contributed by atoms with E-state index in [4.69, 9.17) is 4.42 Å². The minimum absolute atomic E-state index is 0.342. The number of furan rings is 1. The SMILES string of the molecule is CCNc1ncnc(NCc2ccco2)c1C(C)C. The Morgan fingerprint density at radius 1 is 1.21 bits per heavy atom. The number of hydrogen-bond donors (Lipinski definition) is 2. The summed E-state index contributed by atoms with van der Waals surface area (Å²) >= 11 is 0. The van der Waals surface area contributed by atoms with Gasteiger partial charge in [-0.2, -0.15) is 0 Å². The lowest BCUT2D eigenvalue weighted by Crippen LogP contribution is -2.11. The van der Waals surface area contributed by atoms with Crippen LogP contribution in [0.5, 0.6) is 0 Å². The number of anilines is 2. The van der Waals surface area contributed by atoms with E-state index in [1.165, 1.54) is 0 Å². The average Bonchev–Trinajstić information content (AvgIpc) is 2.89. The molecule has 0 aliphatic rings. The summed E-state index contributed by atoms with van der Waals surface area (Å²) in [5.74, 6) is 2.99. The lowest BCUT2D eigenvalue weighted by atomic mass is 10.0. The van der Waals surface area contributed by atoms with E-state index in [0.717, 1.165) is 29.5 Å². The van der Waals surface area contributed by atoms with Crippen molar-refractivity contribution in [3.05, 3.63) is 36.0 Å². The minimum atomic E-state index is 0.342. The van der Waals surface area contributed by atoms with Gasteiger partial charge in [-0.3, -0.25) is 0 Å². The fourth-order valence-electron chi connectivity index (χ4n) is 1.98. The number of nitrogens with zero attached hydrogens (tertiary/aromatic N) is 2. The molecule has 102 valence electrons. The summed E-state index contributed by atoms with van der Waals surface area (Å²) in [4.78, 5) is 8.65. The maximum atomic E-state index is 5.31. The predicted molar refractivity (Wildman–Crippen MR) is 76.3 cm³/mol. The van der Waals surface area contributed by atoms with Crippen LogP contribution in [0.25, 0.3) is 0 Å². The molecule has 0 aliphatic carbocycles. The average molecular weight is 260 g/mol. The van der Waals surface area contributed by atoms with Crippen LogP contribution in [-0.2, 0) is 6.54 Å². The van der Waals surface area contributed by atoms with Gasteiger partial charge in [0.05, 0.1) is 12.8 Å². The second-order valence-corrected chi connectivity index (χ2v) is 4.60. The maximum Gasteiger partial charge on any atom is 0.135 e. The molecular formula is C14H20N4O. The Bertz CT molecular complexity index is 508. The van der Waals surface area contributed by atoms with Crippen molar-refractivity contribution in [1.82, 2.24) is 9.97 Å². The summed E-state index contributed by atoms with van der Waals surface area (Å²) in [5.41, 5.74) is 1.11. The smallest absolute Gasteiger partial charge is 0.135 e. The van der Waals surface area contributed by atoms with Crippen LogP contribution in [0.15, 0.2) is 29.1 Å². The van der Waals surface area contributed by atoms with E-state index in [1.54, 1.807) is 12.6 Å². The van der Waals surface area contributed by atoms with Crippen molar-refractivity contribution in [2.75, 3.05) is 17.2 Å². The van der Waals surface area contributed by atoms with Gasteiger partial charge in [0.2, 0.25) is 0 Å². The lowest BCUT2D eigenvalue weighted by molar-refractivity contribution is 0.517. The summed E-state index contributed by atoms with van der Waals surface area (Å²) < 4.78 is 5.31. The third-order valence-corrected chi connectivity index (χ3v) is 2.82. The van der Waals surface area contributed by atoms with Gasteiger partial charge in [-0.05, 0) is 25.0 Å². The fraction of sp³-hybridized carbons (Fsp3) is 0.429. The van der Waals surface area contributed by atoms with E-state index in [2.05, 4.69) is 41.4 Å². The maximum absolute atomic E-state index is 5.31. The van der Waals surface area contributed by atoms with Gasteiger partial charge in [0.1, 0.15) is 23.7 Å². The molecule has 0 amide bonds. The van der Waals surface area contributed by atoms with Crippen LogP contribution in [0.1, 0.15) is 38.0 Å². The van der Waals surface area contributed by atoms with Crippen molar-refractivity contribution in [2.24, 2.45) is 0 Å². The van der Waals surface area contributed by atoms with Gasteiger partial charge in [-0.25, -0.2) is 9.97 Å². The lowest BCUT2D eigenvalue weighted by Gasteiger charge is -2.16. The first kappa shape index (κ1) is 13.4. The first-order valence-electron chi connectivity index (χ1n) is 6.57. The van der Waals surface area contributed by atoms with Gasteiger partial charge in [0, 0.05) is 12.1 Å². The van der Waals surface area contributed by atoms with Gasteiger partial charge in [0.15, 0.2) is 0 Å². The van der Waals surface area contributed by atoms with E-state index in [9.17, 15) is 0 Å². The molecular weight excluding hydrogens is 240 g/mol. The molecule has 0 aliphatic heterocycles. The molecule has 5 nitrogen and oxygen atoms in total. The number of nitrogens with one attached hydrogen (secondary N) is 2. The molecule has 0 fully saturated rings. The number of aromatic nitrogens is 2. The predicted octanol–water partition coefficient (Wildman–Crippen LogP) is 3.24. The molecule has 2 aromatic rings. The standard InChI is InChI=1S/C14H20N4O/c1-4-15-13-12(10(2)3)14(18-9-17-13)16-8-11-6-5-7-19-11/h5-7,9-10H,4,8H2,1-3H3,(H2,15,16,17,18). The zero-order chi connectivity index (χ0) is 13.7. The zero-order valence-electron chi connectivity index (χ0n) is 11.6. The molecule has 19 heavy (non-hydrogen) atoms. The highest BCUT2D eigenvalue weighted by Crippen LogP contribution is 2.28. The molecule has 2 heterocycles. The van der Waals surface area contributed by atoms with Crippen molar-refractivity contribution in [3.63, 3.8) is 0 Å². The monoisotopic (exact) mass is 260 g/mol. The highest BCUT2D eigenvalue weighted by Gasteiger charge is 2.14. The van der Waals surface area contributed by atoms with Crippen LogP contribution in [0.4, 0.5) is 11.6 Å². The Morgan fingerprint density at radius 3 is 2.53 bits per heavy atom. The quantitative estimate of drug-likeness (QED) is 0.834. The van der Waals surface area contributed by atoms with Crippen molar-refractivity contribution < 1.29 is 4.42 Å². The van der Waals surface area contributed by atoms with Gasteiger partial charge in [-0.1, -0.05) is 13.8 Å². The zero-order valence-corrected chi connectivity index (χ0v) is 11.6. The Hall–Kier alpha value is -2.04. The molecule has 0 saturated heterocycles. The van der Waals surface area contributed by atoms with Crippen LogP contribution in [0.3, 0.4) is 0 Å². The largest absolute Gasteiger partial charge is 0.467 e. The summed E-state index contributed by atoms with van der Waals surface area (Å²) in [6.07, 6.45) is 3.25. The third kappa shape index (κ3) is 3.24. The Kier molecular flexibility index (Phi) is 4.39. The van der Waals surface area contributed by atoms with Gasteiger partial charge < -0.3 is 15.1 Å². The highest BCUT2D eigenvalue weighted by atomic mass is 16.3. The Balaban J connectivity index is 2.20. The minimum Gasteiger partial charge on any atom is -0.467 e. The number of rotatable bonds is 6. The summed E-state index contributed by atoms with van der Waals surface area (Å²) in [7, 11) is 0. The van der Waals surface area contributed by atoms with Crippen molar-refractivity contribution in [1.29, 1.82) is 0 Å². The second kappa shape index (κ2) is 6.22. The topological polar surface area (TPSA) is 63.0 Å².